The Morgan fingerprint density at radius 3 is 2.26 bits per heavy atom. The molecule has 0 saturated heterocycles. The van der Waals surface area contributed by atoms with Gasteiger partial charge in [-0.1, -0.05) is 42.5 Å². The molecule has 6 heteroatoms. The van der Waals surface area contributed by atoms with E-state index in [4.69, 9.17) is 16.2 Å². The van der Waals surface area contributed by atoms with E-state index in [1.807, 2.05) is 30.3 Å². The molecule has 23 heavy (non-hydrogen) atoms. The van der Waals surface area contributed by atoms with E-state index >= 15 is 0 Å². The van der Waals surface area contributed by atoms with Crippen molar-refractivity contribution in [3.63, 3.8) is 0 Å². The third-order valence-electron chi connectivity index (χ3n) is 3.24. The van der Waals surface area contributed by atoms with Crippen LogP contribution in [-0.2, 0) is 17.8 Å². The second-order valence-corrected chi connectivity index (χ2v) is 5.08. The number of ether oxygens (including phenoxy) is 1. The molecule has 2 aromatic rings. The molecule has 0 aliphatic carbocycles. The van der Waals surface area contributed by atoms with Crippen molar-refractivity contribution in [1.29, 1.82) is 0 Å². The second-order valence-electron chi connectivity index (χ2n) is 5.08. The fraction of sp³-hybridized carbons (Fsp3) is 0.176. The van der Waals surface area contributed by atoms with Crippen LogP contribution in [0.2, 0.25) is 0 Å². The normalized spacial score (nSPS) is 11.5. The molecule has 1 atom stereocenters. The molecule has 0 saturated carbocycles. The van der Waals surface area contributed by atoms with Gasteiger partial charge in [0.25, 0.3) is 0 Å². The largest absolute Gasteiger partial charge is 0.411 e. The highest BCUT2D eigenvalue weighted by atomic mass is 16.5. The minimum atomic E-state index is -0.863. The van der Waals surface area contributed by atoms with Gasteiger partial charge in [-0.15, -0.1) is 0 Å². The average Bonchev–Trinajstić information content (AvgIpc) is 2.54. The molecule has 2 rings (SSSR count). The minimum Gasteiger partial charge on any atom is -0.411 e. The zero-order chi connectivity index (χ0) is 16.7. The number of carbonyl (C=O) groups is 2. The van der Waals surface area contributed by atoms with Gasteiger partial charge in [-0.3, -0.25) is 4.79 Å². The number of hydrogen-bond donors (Lipinski definition) is 3. The van der Waals surface area contributed by atoms with Gasteiger partial charge in [0, 0.05) is 6.54 Å². The summed E-state index contributed by atoms with van der Waals surface area (Å²) in [6.07, 6.45) is -0.379. The quantitative estimate of drug-likeness (QED) is 0.747. The molecule has 0 aliphatic heterocycles. The second kappa shape index (κ2) is 7.95. The van der Waals surface area contributed by atoms with E-state index in [0.29, 0.717) is 18.7 Å². The molecule has 2 aromatic carbocycles. The van der Waals surface area contributed by atoms with Gasteiger partial charge >= 0.3 is 6.09 Å². The molecule has 0 radical (unpaired) electrons. The van der Waals surface area contributed by atoms with Crippen LogP contribution in [-0.4, -0.2) is 18.0 Å². The Bertz CT molecular complexity index is 657. The van der Waals surface area contributed by atoms with E-state index in [1.54, 1.807) is 24.3 Å². The van der Waals surface area contributed by atoms with E-state index < -0.39 is 12.1 Å². The number of benzene rings is 2. The molecule has 2 amide bonds. The lowest BCUT2D eigenvalue weighted by Crippen LogP contribution is -2.41. The third kappa shape index (κ3) is 5.44. The molecule has 0 spiro atoms. The van der Waals surface area contributed by atoms with E-state index in [-0.39, 0.29) is 5.91 Å². The van der Waals surface area contributed by atoms with Crippen molar-refractivity contribution in [2.45, 2.75) is 19.0 Å². The number of primary amides is 1. The first-order chi connectivity index (χ1) is 11.0. The van der Waals surface area contributed by atoms with Crippen LogP contribution >= 0.6 is 0 Å². The first-order valence-corrected chi connectivity index (χ1v) is 7.18. The summed E-state index contributed by atoms with van der Waals surface area (Å²) in [7, 11) is 0. The Balaban J connectivity index is 1.82. The van der Waals surface area contributed by atoms with Gasteiger partial charge in [-0.05, 0) is 29.7 Å². The molecule has 0 unspecified atom stereocenters. The van der Waals surface area contributed by atoms with Crippen molar-refractivity contribution in [3.05, 3.63) is 65.7 Å². The monoisotopic (exact) mass is 313 g/mol. The molecule has 0 aliphatic rings. The average molecular weight is 313 g/mol. The first kappa shape index (κ1) is 16.5. The fourth-order valence-electron chi connectivity index (χ4n) is 2.07. The summed E-state index contributed by atoms with van der Waals surface area (Å²) in [5, 5.41) is 2.78. The summed E-state index contributed by atoms with van der Waals surface area (Å²) in [5.41, 5.74) is 12.7. The van der Waals surface area contributed by atoms with Crippen LogP contribution in [0.1, 0.15) is 11.1 Å². The van der Waals surface area contributed by atoms with Crippen molar-refractivity contribution in [1.82, 2.24) is 5.32 Å². The van der Waals surface area contributed by atoms with Crippen LogP contribution in [0.5, 0.6) is 5.75 Å². The summed E-state index contributed by atoms with van der Waals surface area (Å²) >= 11 is 0. The standard InChI is InChI=1S/C17H19N3O3/c18-15(10-12-4-2-1-3-5-12)16(21)20-11-13-6-8-14(9-7-13)23-17(19)22/h1-9,15H,10-11,18H2,(H2,19,22)(H,20,21)/t15-/m1/s1. The van der Waals surface area contributed by atoms with Crippen molar-refractivity contribution in [3.8, 4) is 5.75 Å². The third-order valence-corrected chi connectivity index (χ3v) is 3.24. The van der Waals surface area contributed by atoms with Crippen LogP contribution in [0.4, 0.5) is 4.79 Å². The van der Waals surface area contributed by atoms with Crippen LogP contribution in [0.25, 0.3) is 0 Å². The maximum atomic E-state index is 12.0. The van der Waals surface area contributed by atoms with Gasteiger partial charge in [0.1, 0.15) is 5.75 Å². The molecule has 120 valence electrons. The molecular weight excluding hydrogens is 294 g/mol. The van der Waals surface area contributed by atoms with Crippen molar-refractivity contribution >= 4 is 12.0 Å². The van der Waals surface area contributed by atoms with Crippen molar-refractivity contribution in [2.75, 3.05) is 0 Å². The Kier molecular flexibility index (Phi) is 5.71. The predicted octanol–water partition coefficient (Wildman–Crippen LogP) is 1.33. The Morgan fingerprint density at radius 1 is 1.00 bits per heavy atom. The minimum absolute atomic E-state index is 0.216. The van der Waals surface area contributed by atoms with Gasteiger partial charge in [-0.25, -0.2) is 4.79 Å². The Hall–Kier alpha value is -2.86. The van der Waals surface area contributed by atoms with Crippen LogP contribution < -0.4 is 21.5 Å². The predicted molar refractivity (Wildman–Crippen MR) is 86.6 cm³/mol. The number of nitrogens with two attached hydrogens (primary N) is 2. The Labute approximate surface area is 134 Å². The number of nitrogens with one attached hydrogen (secondary N) is 1. The van der Waals surface area contributed by atoms with E-state index in [2.05, 4.69) is 5.32 Å². The van der Waals surface area contributed by atoms with Crippen LogP contribution in [0.3, 0.4) is 0 Å². The summed E-state index contributed by atoms with van der Waals surface area (Å²) in [5.74, 6) is 0.139. The molecule has 0 fully saturated rings. The zero-order valence-corrected chi connectivity index (χ0v) is 12.6. The lowest BCUT2D eigenvalue weighted by molar-refractivity contribution is -0.122. The van der Waals surface area contributed by atoms with E-state index in [1.165, 1.54) is 0 Å². The molecule has 0 aromatic heterocycles. The summed E-state index contributed by atoms with van der Waals surface area (Å²) < 4.78 is 4.73. The molecule has 5 N–H and O–H groups in total. The zero-order valence-electron chi connectivity index (χ0n) is 12.6. The summed E-state index contributed by atoms with van der Waals surface area (Å²) in [4.78, 5) is 22.6. The van der Waals surface area contributed by atoms with E-state index in [9.17, 15) is 9.59 Å². The van der Waals surface area contributed by atoms with Gasteiger partial charge in [0.05, 0.1) is 6.04 Å². The van der Waals surface area contributed by atoms with Crippen molar-refractivity contribution < 1.29 is 14.3 Å². The molecule has 0 heterocycles. The smallest absolute Gasteiger partial charge is 0.409 e. The van der Waals surface area contributed by atoms with Crippen LogP contribution in [0.15, 0.2) is 54.6 Å². The lowest BCUT2D eigenvalue weighted by Gasteiger charge is -2.12. The number of rotatable bonds is 6. The lowest BCUT2D eigenvalue weighted by atomic mass is 10.1. The van der Waals surface area contributed by atoms with Gasteiger partial charge < -0.3 is 21.5 Å². The number of carbonyl (C=O) groups excluding carboxylic acids is 2. The highest BCUT2D eigenvalue weighted by Crippen LogP contribution is 2.12. The molecule has 0 bridgehead atoms. The summed E-state index contributed by atoms with van der Waals surface area (Å²) in [6.45, 7) is 0.345. The maximum absolute atomic E-state index is 12.0. The SMILES string of the molecule is NC(=O)Oc1ccc(CNC(=O)[C@H](N)Cc2ccccc2)cc1. The highest BCUT2D eigenvalue weighted by molar-refractivity contribution is 5.81. The topological polar surface area (TPSA) is 107 Å². The number of amides is 2. The summed E-state index contributed by atoms with van der Waals surface area (Å²) in [6, 6.07) is 15.7. The highest BCUT2D eigenvalue weighted by Gasteiger charge is 2.13. The van der Waals surface area contributed by atoms with Crippen molar-refractivity contribution in [2.24, 2.45) is 11.5 Å². The number of hydrogen-bond acceptors (Lipinski definition) is 4. The Morgan fingerprint density at radius 2 is 1.65 bits per heavy atom. The van der Waals surface area contributed by atoms with Gasteiger partial charge in [0.15, 0.2) is 0 Å². The first-order valence-electron chi connectivity index (χ1n) is 7.18. The molecule has 6 nitrogen and oxygen atoms in total. The fourth-order valence-corrected chi connectivity index (χ4v) is 2.07. The van der Waals surface area contributed by atoms with Crippen LogP contribution in [0, 0.1) is 0 Å². The van der Waals surface area contributed by atoms with E-state index in [0.717, 1.165) is 11.1 Å². The molecular formula is C17H19N3O3. The maximum Gasteiger partial charge on any atom is 0.409 e. The van der Waals surface area contributed by atoms with Gasteiger partial charge in [-0.2, -0.15) is 0 Å². The van der Waals surface area contributed by atoms with Gasteiger partial charge in [0.2, 0.25) is 5.91 Å².